The van der Waals surface area contributed by atoms with Crippen LogP contribution in [0.15, 0.2) is 48.5 Å². The molecule has 4 aromatic carbocycles. The lowest BCUT2D eigenvalue weighted by atomic mass is 9.80. The van der Waals surface area contributed by atoms with Crippen molar-refractivity contribution in [3.8, 4) is 17.2 Å². The molecule has 2 aliphatic carbocycles. The Bertz CT molecular complexity index is 1960. The molecule has 11 nitrogen and oxygen atoms in total. The highest BCUT2D eigenvalue weighted by molar-refractivity contribution is 6.32. The second-order valence-corrected chi connectivity index (χ2v) is 9.96. The monoisotopic (exact) mass is 566 g/mol. The van der Waals surface area contributed by atoms with E-state index >= 15 is 0 Å². The van der Waals surface area contributed by atoms with Crippen LogP contribution in [0.5, 0.6) is 17.2 Å². The molecule has 210 valence electrons. The van der Waals surface area contributed by atoms with Crippen molar-refractivity contribution < 1.29 is 39.4 Å². The van der Waals surface area contributed by atoms with E-state index in [1.54, 1.807) is 13.8 Å². The number of nitrogen functional groups attached to an aromatic ring is 1. The average Bonchev–Trinajstić information content (AvgIpc) is 2.91. The molecule has 2 aliphatic rings. The summed E-state index contributed by atoms with van der Waals surface area (Å²) >= 11 is 0. The third kappa shape index (κ3) is 3.90. The Labute approximate surface area is 237 Å². The molecule has 0 heterocycles. The topological polar surface area (TPSA) is 198 Å². The predicted molar refractivity (Wildman–Crippen MR) is 150 cm³/mol. The lowest BCUT2D eigenvalue weighted by molar-refractivity contribution is -0.385. The highest BCUT2D eigenvalue weighted by Crippen LogP contribution is 2.41. The number of nitrogens with two attached hydrogens (primary N) is 1. The lowest BCUT2D eigenvalue weighted by Crippen LogP contribution is -2.24. The number of rotatable bonds is 1. The van der Waals surface area contributed by atoms with Crippen LogP contribution >= 0.6 is 0 Å². The molecule has 0 saturated carbocycles. The minimum atomic E-state index is -0.646. The van der Waals surface area contributed by atoms with Gasteiger partial charge in [-0.05, 0) is 56.2 Å². The summed E-state index contributed by atoms with van der Waals surface area (Å²) in [7, 11) is 0. The number of phenolic OH excluding ortho intramolecular Hbond substituents is 3. The number of aryl methyl sites for hydroxylation is 3. The van der Waals surface area contributed by atoms with Gasteiger partial charge < -0.3 is 21.1 Å². The minimum Gasteiger partial charge on any atom is -0.507 e. The lowest BCUT2D eigenvalue weighted by Gasteiger charge is -2.21. The molecule has 0 radical (unpaired) electrons. The Morgan fingerprint density at radius 2 is 1.05 bits per heavy atom. The minimum absolute atomic E-state index is 0.00343. The number of ketones is 4. The first-order valence-electron chi connectivity index (χ1n) is 12.5. The number of fused-ring (bicyclic) bond motifs is 4. The highest BCUT2D eigenvalue weighted by Gasteiger charge is 2.39. The molecule has 0 aromatic heterocycles. The number of carbonyl (C=O) groups excluding carboxylic acids is 4. The molecular formula is C31H22N2O9. The predicted octanol–water partition coefficient (Wildman–Crippen LogP) is 4.46. The van der Waals surface area contributed by atoms with E-state index in [0.29, 0.717) is 16.7 Å². The van der Waals surface area contributed by atoms with Gasteiger partial charge in [0, 0.05) is 27.8 Å². The van der Waals surface area contributed by atoms with Crippen LogP contribution in [0.2, 0.25) is 0 Å². The van der Waals surface area contributed by atoms with Gasteiger partial charge in [-0.25, -0.2) is 0 Å². The summed E-state index contributed by atoms with van der Waals surface area (Å²) in [5, 5.41) is 40.8. The van der Waals surface area contributed by atoms with E-state index in [4.69, 9.17) is 5.73 Å². The molecule has 11 heteroatoms. The van der Waals surface area contributed by atoms with Gasteiger partial charge in [0.25, 0.3) is 5.69 Å². The van der Waals surface area contributed by atoms with E-state index in [1.165, 1.54) is 55.5 Å². The van der Waals surface area contributed by atoms with Crippen LogP contribution in [0.3, 0.4) is 0 Å². The second kappa shape index (κ2) is 9.66. The van der Waals surface area contributed by atoms with Crippen LogP contribution in [0, 0.1) is 30.9 Å². The molecule has 0 saturated heterocycles. The molecule has 0 bridgehead atoms. The summed E-state index contributed by atoms with van der Waals surface area (Å²) in [4.78, 5) is 61.0. The molecule has 0 fully saturated rings. The Morgan fingerprint density at radius 3 is 1.55 bits per heavy atom. The number of anilines is 1. The fourth-order valence-corrected chi connectivity index (χ4v) is 5.53. The van der Waals surface area contributed by atoms with Crippen molar-refractivity contribution in [2.75, 3.05) is 5.73 Å². The van der Waals surface area contributed by atoms with E-state index in [1.807, 2.05) is 0 Å². The standard InChI is InChI=1S/C16H11NO5.C15H11NO4/c1-7-6-8(2)14(17(21)22)13-11(7)16(20)12-9(15(13)19)4-3-5-10(12)18;1-6-5-9(18)13(16)12-10(6)15(20)11-7(14(12)19)3-2-4-8(11)17/h3-6,18H,1-2H3;2-5,17-18H,16H2,1H3. The van der Waals surface area contributed by atoms with Gasteiger partial charge in [-0.2, -0.15) is 0 Å². The van der Waals surface area contributed by atoms with Crippen molar-refractivity contribution in [2.24, 2.45) is 0 Å². The number of hydrogen-bond acceptors (Lipinski definition) is 10. The maximum atomic E-state index is 12.7. The van der Waals surface area contributed by atoms with Gasteiger partial charge in [0.1, 0.15) is 22.8 Å². The number of carbonyl (C=O) groups is 4. The molecule has 6 rings (SSSR count). The number of aromatic hydroxyl groups is 3. The van der Waals surface area contributed by atoms with E-state index in [9.17, 15) is 44.6 Å². The summed E-state index contributed by atoms with van der Waals surface area (Å²) in [5.74, 6) is -2.88. The van der Waals surface area contributed by atoms with Crippen molar-refractivity contribution in [3.05, 3.63) is 120 Å². The zero-order valence-corrected chi connectivity index (χ0v) is 22.4. The molecule has 0 unspecified atom stereocenters. The fourth-order valence-electron chi connectivity index (χ4n) is 5.53. The third-order valence-electron chi connectivity index (χ3n) is 7.35. The molecule has 5 N–H and O–H groups in total. The maximum Gasteiger partial charge on any atom is 0.284 e. The van der Waals surface area contributed by atoms with E-state index in [2.05, 4.69) is 0 Å². The number of phenols is 3. The SMILES string of the molecule is Cc1cc(C)c([N+](=O)[O-])c2c1C(=O)c1c(O)cccc1C2=O.Cc1cc(O)c(N)c2c1C(=O)c1c(O)cccc1C2=O. The summed E-state index contributed by atoms with van der Waals surface area (Å²) in [6.07, 6.45) is 0. The van der Waals surface area contributed by atoms with E-state index < -0.39 is 28.1 Å². The molecule has 0 spiro atoms. The van der Waals surface area contributed by atoms with Crippen LogP contribution < -0.4 is 5.73 Å². The van der Waals surface area contributed by atoms with Crippen molar-refractivity contribution in [1.82, 2.24) is 0 Å². The number of nitro benzene ring substituents is 1. The zero-order chi connectivity index (χ0) is 30.8. The van der Waals surface area contributed by atoms with Gasteiger partial charge in [-0.15, -0.1) is 0 Å². The molecule has 42 heavy (non-hydrogen) atoms. The number of nitro groups is 1. The Kier molecular flexibility index (Phi) is 6.38. The Morgan fingerprint density at radius 1 is 0.595 bits per heavy atom. The van der Waals surface area contributed by atoms with Gasteiger partial charge in [0.05, 0.1) is 27.3 Å². The first-order valence-corrected chi connectivity index (χ1v) is 12.5. The van der Waals surface area contributed by atoms with Crippen molar-refractivity contribution in [3.63, 3.8) is 0 Å². The van der Waals surface area contributed by atoms with Crippen molar-refractivity contribution in [1.29, 1.82) is 0 Å². The molecule has 0 amide bonds. The van der Waals surface area contributed by atoms with Gasteiger partial charge in [0.2, 0.25) is 5.78 Å². The maximum absolute atomic E-state index is 12.7. The van der Waals surface area contributed by atoms with Gasteiger partial charge >= 0.3 is 0 Å². The summed E-state index contributed by atoms with van der Waals surface area (Å²) in [5.41, 5.74) is 6.44. The van der Waals surface area contributed by atoms with Crippen LogP contribution in [0.1, 0.15) is 80.4 Å². The first-order chi connectivity index (χ1) is 19.8. The molecule has 0 atom stereocenters. The van der Waals surface area contributed by atoms with Crippen LogP contribution in [-0.4, -0.2) is 43.4 Å². The Hall–Kier alpha value is -5.84. The highest BCUT2D eigenvalue weighted by atomic mass is 16.6. The number of nitrogens with zero attached hydrogens (tertiary/aromatic N) is 1. The first kappa shape index (κ1) is 27.7. The summed E-state index contributed by atoms with van der Waals surface area (Å²) < 4.78 is 0. The molecule has 4 aromatic rings. The summed E-state index contributed by atoms with van der Waals surface area (Å²) in [6, 6.07) is 11.3. The second-order valence-electron chi connectivity index (χ2n) is 9.96. The van der Waals surface area contributed by atoms with E-state index in [-0.39, 0.29) is 73.1 Å². The normalized spacial score (nSPS) is 12.9. The van der Waals surface area contributed by atoms with Gasteiger partial charge in [-0.1, -0.05) is 24.3 Å². The molecule has 0 aliphatic heterocycles. The average molecular weight is 567 g/mol. The van der Waals surface area contributed by atoms with Gasteiger partial charge in [-0.3, -0.25) is 29.3 Å². The third-order valence-corrected chi connectivity index (χ3v) is 7.35. The molecular weight excluding hydrogens is 544 g/mol. The largest absolute Gasteiger partial charge is 0.507 e. The van der Waals surface area contributed by atoms with Crippen LogP contribution in [0.25, 0.3) is 0 Å². The van der Waals surface area contributed by atoms with Crippen LogP contribution in [0.4, 0.5) is 11.4 Å². The Balaban J connectivity index is 0.000000169. The fraction of sp³-hybridized carbons (Fsp3) is 0.0968. The van der Waals surface area contributed by atoms with E-state index in [0.717, 1.165) is 0 Å². The number of benzene rings is 4. The number of hydrogen-bond donors (Lipinski definition) is 4. The smallest absolute Gasteiger partial charge is 0.284 e. The van der Waals surface area contributed by atoms with Crippen molar-refractivity contribution in [2.45, 2.75) is 20.8 Å². The summed E-state index contributed by atoms with van der Waals surface area (Å²) in [6.45, 7) is 4.75. The van der Waals surface area contributed by atoms with Gasteiger partial charge in [0.15, 0.2) is 17.3 Å². The zero-order valence-electron chi connectivity index (χ0n) is 22.4. The van der Waals surface area contributed by atoms with Crippen molar-refractivity contribution >= 4 is 34.5 Å². The van der Waals surface area contributed by atoms with Crippen LogP contribution in [-0.2, 0) is 0 Å². The quantitative estimate of drug-likeness (QED) is 0.0954.